The van der Waals surface area contributed by atoms with Crippen LogP contribution in [0.3, 0.4) is 0 Å². The predicted molar refractivity (Wildman–Crippen MR) is 126 cm³/mol. The smallest absolute Gasteiger partial charge is 0.251 e. The third kappa shape index (κ3) is 6.20. The summed E-state index contributed by atoms with van der Waals surface area (Å²) in [6.45, 7) is 3.12. The Labute approximate surface area is 192 Å². The minimum absolute atomic E-state index is 0.106. The van der Waals surface area contributed by atoms with E-state index < -0.39 is 0 Å². The average Bonchev–Trinajstić information content (AvgIpc) is 3.24. The van der Waals surface area contributed by atoms with Crippen LogP contribution in [0.5, 0.6) is 5.75 Å². The Balaban J connectivity index is 1.20. The third-order valence-electron chi connectivity index (χ3n) is 5.12. The van der Waals surface area contributed by atoms with Crippen LogP contribution in [-0.4, -0.2) is 27.7 Å². The molecular formula is C26H26N4O3. The molecule has 0 fully saturated rings. The number of fused-ring (bicyclic) bond motifs is 1. The van der Waals surface area contributed by atoms with Crippen LogP contribution in [0.1, 0.15) is 33.6 Å². The molecule has 4 rings (SSSR count). The van der Waals surface area contributed by atoms with Gasteiger partial charge in [-0.1, -0.05) is 36.4 Å². The second kappa shape index (κ2) is 10.5. The van der Waals surface area contributed by atoms with Gasteiger partial charge in [0.15, 0.2) is 0 Å². The summed E-state index contributed by atoms with van der Waals surface area (Å²) in [5.41, 5.74) is 4.41. The Hall–Kier alpha value is -4.13. The summed E-state index contributed by atoms with van der Waals surface area (Å²) >= 11 is 0. The van der Waals surface area contributed by atoms with Crippen molar-refractivity contribution in [2.45, 2.75) is 26.5 Å². The average molecular weight is 443 g/mol. The molecule has 0 radical (unpaired) electrons. The maximum atomic E-state index is 12.3. The number of imidazole rings is 1. The number of hydrogen-bond acceptors (Lipinski definition) is 4. The molecule has 4 aromatic rings. The van der Waals surface area contributed by atoms with Crippen molar-refractivity contribution in [1.82, 2.24) is 20.0 Å². The topological polar surface area (TPSA) is 84.7 Å². The van der Waals surface area contributed by atoms with E-state index in [4.69, 9.17) is 4.74 Å². The molecule has 0 spiro atoms. The molecule has 0 aliphatic carbocycles. The van der Waals surface area contributed by atoms with Crippen molar-refractivity contribution in [3.63, 3.8) is 0 Å². The summed E-state index contributed by atoms with van der Waals surface area (Å²) in [7, 11) is 0. The van der Waals surface area contributed by atoms with Crippen LogP contribution >= 0.6 is 0 Å². The fraction of sp³-hybridized carbons (Fsp3) is 0.192. The number of carbonyl (C=O) groups excluding carboxylic acids is 2. The summed E-state index contributed by atoms with van der Waals surface area (Å²) in [6.07, 6.45) is 4.19. The lowest BCUT2D eigenvalue weighted by Gasteiger charge is -2.08. The SMILES string of the molecule is Cc1ccc2nc(COc3ccc(C(=O)NCCC(=O)NCc4ccccc4)cc3)cn2c1. The number of benzene rings is 2. The van der Waals surface area contributed by atoms with Crippen molar-refractivity contribution in [3.05, 3.63) is 102 Å². The maximum Gasteiger partial charge on any atom is 0.251 e. The van der Waals surface area contributed by atoms with Gasteiger partial charge >= 0.3 is 0 Å². The van der Waals surface area contributed by atoms with E-state index in [1.807, 2.05) is 66.2 Å². The summed E-state index contributed by atoms with van der Waals surface area (Å²) in [5.74, 6) is 0.318. The molecule has 2 heterocycles. The number of aryl methyl sites for hydroxylation is 1. The van der Waals surface area contributed by atoms with Gasteiger partial charge in [-0.15, -0.1) is 0 Å². The molecule has 2 aromatic heterocycles. The predicted octanol–water partition coefficient (Wildman–Crippen LogP) is 3.66. The van der Waals surface area contributed by atoms with Gasteiger partial charge in [-0.3, -0.25) is 9.59 Å². The van der Waals surface area contributed by atoms with Crippen LogP contribution in [0.15, 0.2) is 79.1 Å². The molecule has 0 aliphatic rings. The van der Waals surface area contributed by atoms with E-state index in [0.717, 1.165) is 22.5 Å². The number of rotatable bonds is 9. The molecule has 2 amide bonds. The number of ether oxygens (including phenoxy) is 1. The van der Waals surface area contributed by atoms with Crippen LogP contribution in [0.2, 0.25) is 0 Å². The van der Waals surface area contributed by atoms with E-state index >= 15 is 0 Å². The van der Waals surface area contributed by atoms with Gasteiger partial charge in [0.05, 0.1) is 5.69 Å². The number of aromatic nitrogens is 2. The number of nitrogens with one attached hydrogen (secondary N) is 2. The van der Waals surface area contributed by atoms with E-state index in [2.05, 4.69) is 15.6 Å². The molecular weight excluding hydrogens is 416 g/mol. The van der Waals surface area contributed by atoms with Crippen molar-refractivity contribution in [2.75, 3.05) is 6.54 Å². The third-order valence-corrected chi connectivity index (χ3v) is 5.12. The standard InChI is InChI=1S/C26H26N4O3/c1-19-7-12-24-29-22(17-30(24)16-19)18-33-23-10-8-21(9-11-23)26(32)27-14-13-25(31)28-15-20-5-3-2-4-6-20/h2-12,16-17H,13-15,18H2,1H3,(H,27,32)(H,28,31). The molecule has 168 valence electrons. The highest BCUT2D eigenvalue weighted by Crippen LogP contribution is 2.15. The fourth-order valence-electron chi connectivity index (χ4n) is 3.36. The summed E-state index contributed by atoms with van der Waals surface area (Å²) in [4.78, 5) is 28.8. The van der Waals surface area contributed by atoms with Gasteiger partial charge in [0.2, 0.25) is 5.91 Å². The normalized spacial score (nSPS) is 10.7. The van der Waals surface area contributed by atoms with Crippen molar-refractivity contribution >= 4 is 17.5 Å². The minimum Gasteiger partial charge on any atom is -0.487 e. The lowest BCUT2D eigenvalue weighted by atomic mass is 10.2. The van der Waals surface area contributed by atoms with Gasteiger partial charge in [-0.25, -0.2) is 4.98 Å². The Morgan fingerprint density at radius 2 is 1.73 bits per heavy atom. The van der Waals surface area contributed by atoms with E-state index in [1.54, 1.807) is 24.3 Å². The first kappa shape index (κ1) is 22.1. The molecule has 7 heteroatoms. The Bertz CT molecular complexity index is 1230. The van der Waals surface area contributed by atoms with Gasteiger partial charge in [-0.2, -0.15) is 0 Å². The highest BCUT2D eigenvalue weighted by Gasteiger charge is 2.08. The number of hydrogen-bond donors (Lipinski definition) is 2. The Kier molecular flexibility index (Phi) is 6.99. The summed E-state index contributed by atoms with van der Waals surface area (Å²) in [5, 5.41) is 5.62. The van der Waals surface area contributed by atoms with Gasteiger partial charge in [0, 0.05) is 37.5 Å². The molecule has 2 N–H and O–H groups in total. The molecule has 0 bridgehead atoms. The maximum absolute atomic E-state index is 12.3. The minimum atomic E-state index is -0.229. The molecule has 0 unspecified atom stereocenters. The molecule has 0 saturated heterocycles. The number of nitrogens with zero attached hydrogens (tertiary/aromatic N) is 2. The quantitative estimate of drug-likeness (QED) is 0.414. The number of amides is 2. The first-order valence-corrected chi connectivity index (χ1v) is 10.8. The zero-order chi connectivity index (χ0) is 23.0. The second-order valence-electron chi connectivity index (χ2n) is 7.79. The van der Waals surface area contributed by atoms with Gasteiger partial charge in [0.1, 0.15) is 18.0 Å². The van der Waals surface area contributed by atoms with Crippen molar-refractivity contribution < 1.29 is 14.3 Å². The first-order chi connectivity index (χ1) is 16.1. The fourth-order valence-corrected chi connectivity index (χ4v) is 3.36. The zero-order valence-electron chi connectivity index (χ0n) is 18.5. The summed E-state index contributed by atoms with van der Waals surface area (Å²) in [6, 6.07) is 20.6. The van der Waals surface area contributed by atoms with Crippen molar-refractivity contribution in [1.29, 1.82) is 0 Å². The lowest BCUT2D eigenvalue weighted by Crippen LogP contribution is -2.30. The Morgan fingerprint density at radius 3 is 2.52 bits per heavy atom. The molecule has 0 atom stereocenters. The van der Waals surface area contributed by atoms with Crippen molar-refractivity contribution in [3.8, 4) is 5.75 Å². The van der Waals surface area contributed by atoms with Gasteiger partial charge in [0.25, 0.3) is 5.91 Å². The molecule has 33 heavy (non-hydrogen) atoms. The Morgan fingerprint density at radius 1 is 0.939 bits per heavy atom. The van der Waals surface area contributed by atoms with E-state index in [1.165, 1.54) is 0 Å². The van der Waals surface area contributed by atoms with E-state index in [9.17, 15) is 9.59 Å². The molecule has 0 saturated carbocycles. The van der Waals surface area contributed by atoms with E-state index in [-0.39, 0.29) is 24.8 Å². The zero-order valence-corrected chi connectivity index (χ0v) is 18.5. The second-order valence-corrected chi connectivity index (χ2v) is 7.79. The highest BCUT2D eigenvalue weighted by atomic mass is 16.5. The molecule has 0 aliphatic heterocycles. The monoisotopic (exact) mass is 442 g/mol. The van der Waals surface area contributed by atoms with Gasteiger partial charge < -0.3 is 19.8 Å². The largest absolute Gasteiger partial charge is 0.487 e. The summed E-state index contributed by atoms with van der Waals surface area (Å²) < 4.78 is 7.78. The van der Waals surface area contributed by atoms with Crippen LogP contribution in [0, 0.1) is 6.92 Å². The first-order valence-electron chi connectivity index (χ1n) is 10.8. The van der Waals surface area contributed by atoms with Crippen molar-refractivity contribution in [2.24, 2.45) is 0 Å². The molecule has 7 nitrogen and oxygen atoms in total. The number of pyridine rings is 1. The number of carbonyl (C=O) groups is 2. The molecule has 2 aromatic carbocycles. The highest BCUT2D eigenvalue weighted by molar-refractivity contribution is 5.94. The van der Waals surface area contributed by atoms with Crippen LogP contribution in [0.25, 0.3) is 5.65 Å². The van der Waals surface area contributed by atoms with Crippen LogP contribution in [-0.2, 0) is 17.9 Å². The lowest BCUT2D eigenvalue weighted by molar-refractivity contribution is -0.121. The van der Waals surface area contributed by atoms with Crippen LogP contribution in [0.4, 0.5) is 0 Å². The van der Waals surface area contributed by atoms with E-state index in [0.29, 0.717) is 24.5 Å². The van der Waals surface area contributed by atoms with Gasteiger partial charge in [-0.05, 0) is 48.4 Å². The van der Waals surface area contributed by atoms with Crippen LogP contribution < -0.4 is 15.4 Å².